The molecule has 0 saturated heterocycles. The Kier molecular flexibility index (Phi) is 7.58. The first-order valence-electron chi connectivity index (χ1n) is 9.22. The van der Waals surface area contributed by atoms with Crippen molar-refractivity contribution in [2.75, 3.05) is 15.9 Å². The molecule has 0 bridgehead atoms. The zero-order valence-electron chi connectivity index (χ0n) is 17.1. The van der Waals surface area contributed by atoms with Gasteiger partial charge in [-0.2, -0.15) is 0 Å². The molecule has 3 aromatic rings. The number of nitrogens with one attached hydrogen (secondary N) is 1. The lowest BCUT2D eigenvalue weighted by atomic mass is 10.2. The molecule has 31 heavy (non-hydrogen) atoms. The summed E-state index contributed by atoms with van der Waals surface area (Å²) in [5.41, 5.74) is 2.20. The van der Waals surface area contributed by atoms with Crippen LogP contribution in [0, 0.1) is 6.92 Å². The van der Waals surface area contributed by atoms with Crippen molar-refractivity contribution in [1.29, 1.82) is 0 Å². The van der Waals surface area contributed by atoms with Gasteiger partial charge in [0.1, 0.15) is 6.04 Å². The molecule has 0 spiro atoms. The second kappa shape index (κ2) is 9.99. The second-order valence-corrected chi connectivity index (χ2v) is 11.3. The zero-order valence-corrected chi connectivity index (χ0v) is 20.3. The number of hydrogen-bond donors (Lipinski definition) is 1. The van der Waals surface area contributed by atoms with Crippen molar-refractivity contribution >= 4 is 61.4 Å². The van der Waals surface area contributed by atoms with Gasteiger partial charge in [0.2, 0.25) is 21.1 Å². The predicted molar refractivity (Wildman–Crippen MR) is 128 cm³/mol. The largest absolute Gasteiger partial charge is 0.299 e. The highest BCUT2D eigenvalue weighted by molar-refractivity contribution is 8.00. The molecule has 1 N–H and O–H groups in total. The molecule has 1 amide bonds. The molecule has 0 aliphatic carbocycles. The summed E-state index contributed by atoms with van der Waals surface area (Å²) < 4.78 is 26.8. The average Bonchev–Trinajstić information content (AvgIpc) is 3.16. The number of aryl methyl sites for hydroxylation is 1. The summed E-state index contributed by atoms with van der Waals surface area (Å²) in [6.45, 7) is 3.28. The molecule has 0 unspecified atom stereocenters. The number of thioether (sulfide) groups is 1. The number of benzene rings is 2. The van der Waals surface area contributed by atoms with Crippen LogP contribution < -0.4 is 9.62 Å². The number of halogens is 1. The average molecular weight is 497 g/mol. The lowest BCUT2D eigenvalue weighted by Crippen LogP contribution is -2.45. The Morgan fingerprint density at radius 3 is 2.61 bits per heavy atom. The number of carbonyl (C=O) groups excluding carboxylic acids is 1. The van der Waals surface area contributed by atoms with Gasteiger partial charge < -0.3 is 0 Å². The number of amides is 1. The SMILES string of the molecule is Cc1ccc(Cl)cc1N([C@@H](C)C(=O)Nc1nnc(SCc2ccccc2)s1)S(C)(=O)=O. The van der Waals surface area contributed by atoms with Crippen LogP contribution in [0.1, 0.15) is 18.1 Å². The van der Waals surface area contributed by atoms with E-state index in [0.29, 0.717) is 25.7 Å². The lowest BCUT2D eigenvalue weighted by molar-refractivity contribution is -0.116. The van der Waals surface area contributed by atoms with Crippen molar-refractivity contribution in [3.05, 3.63) is 64.7 Å². The molecule has 7 nitrogen and oxygen atoms in total. The summed E-state index contributed by atoms with van der Waals surface area (Å²) in [7, 11) is -3.75. The molecule has 0 fully saturated rings. The van der Waals surface area contributed by atoms with Crippen LogP contribution in [0.4, 0.5) is 10.8 Å². The maximum absolute atomic E-state index is 12.8. The van der Waals surface area contributed by atoms with E-state index in [4.69, 9.17) is 11.6 Å². The number of sulfonamides is 1. The Bertz CT molecular complexity index is 1170. The van der Waals surface area contributed by atoms with Crippen LogP contribution in [0.15, 0.2) is 52.9 Å². The Morgan fingerprint density at radius 1 is 1.23 bits per heavy atom. The predicted octanol–water partition coefficient (Wildman–Crippen LogP) is 4.59. The lowest BCUT2D eigenvalue weighted by Gasteiger charge is -2.29. The maximum Gasteiger partial charge on any atom is 0.249 e. The van der Waals surface area contributed by atoms with Crippen LogP contribution in [0.2, 0.25) is 5.02 Å². The van der Waals surface area contributed by atoms with E-state index in [9.17, 15) is 13.2 Å². The number of nitrogens with zero attached hydrogens (tertiary/aromatic N) is 3. The van der Waals surface area contributed by atoms with E-state index < -0.39 is 22.0 Å². The van der Waals surface area contributed by atoms with Crippen molar-refractivity contribution in [3.8, 4) is 0 Å². The maximum atomic E-state index is 12.8. The van der Waals surface area contributed by atoms with Gasteiger partial charge in [0, 0.05) is 10.8 Å². The molecule has 0 radical (unpaired) electrons. The van der Waals surface area contributed by atoms with Crippen LogP contribution in [-0.2, 0) is 20.6 Å². The van der Waals surface area contributed by atoms with Crippen LogP contribution >= 0.6 is 34.7 Å². The summed E-state index contributed by atoms with van der Waals surface area (Å²) in [5.74, 6) is 0.218. The highest BCUT2D eigenvalue weighted by Crippen LogP contribution is 2.30. The van der Waals surface area contributed by atoms with Gasteiger partial charge in [-0.25, -0.2) is 8.42 Å². The first kappa shape index (κ1) is 23.5. The van der Waals surface area contributed by atoms with Gasteiger partial charge in [0.15, 0.2) is 4.34 Å². The van der Waals surface area contributed by atoms with E-state index >= 15 is 0 Å². The fraction of sp³-hybridized carbons (Fsp3) is 0.250. The number of carbonyl (C=O) groups is 1. The fourth-order valence-electron chi connectivity index (χ4n) is 2.85. The monoisotopic (exact) mass is 496 g/mol. The molecular formula is C20H21ClN4O3S3. The van der Waals surface area contributed by atoms with Gasteiger partial charge in [-0.05, 0) is 37.1 Å². The Morgan fingerprint density at radius 2 is 1.94 bits per heavy atom. The summed E-state index contributed by atoms with van der Waals surface area (Å²) in [4.78, 5) is 12.8. The van der Waals surface area contributed by atoms with E-state index in [-0.39, 0.29) is 0 Å². The quantitative estimate of drug-likeness (QED) is 0.362. The van der Waals surface area contributed by atoms with Gasteiger partial charge in [-0.1, -0.05) is 71.1 Å². The number of rotatable bonds is 8. The highest BCUT2D eigenvalue weighted by Gasteiger charge is 2.31. The van der Waals surface area contributed by atoms with Crippen molar-refractivity contribution in [2.24, 2.45) is 0 Å². The molecule has 0 saturated carbocycles. The highest BCUT2D eigenvalue weighted by atomic mass is 35.5. The molecular weight excluding hydrogens is 476 g/mol. The van der Waals surface area contributed by atoms with Gasteiger partial charge in [-0.15, -0.1) is 10.2 Å². The van der Waals surface area contributed by atoms with Crippen LogP contribution in [0.25, 0.3) is 0 Å². The minimum absolute atomic E-state index is 0.309. The third-order valence-electron chi connectivity index (χ3n) is 4.34. The van der Waals surface area contributed by atoms with Crippen LogP contribution in [0.3, 0.4) is 0 Å². The minimum atomic E-state index is -3.75. The minimum Gasteiger partial charge on any atom is -0.299 e. The normalized spacial score (nSPS) is 12.4. The zero-order chi connectivity index (χ0) is 22.6. The second-order valence-electron chi connectivity index (χ2n) is 6.80. The summed E-state index contributed by atoms with van der Waals surface area (Å²) in [6, 6.07) is 13.8. The summed E-state index contributed by atoms with van der Waals surface area (Å²) in [5, 5.41) is 11.5. The van der Waals surface area contributed by atoms with Crippen molar-refractivity contribution < 1.29 is 13.2 Å². The van der Waals surface area contributed by atoms with E-state index in [2.05, 4.69) is 15.5 Å². The van der Waals surface area contributed by atoms with Gasteiger partial charge in [-0.3, -0.25) is 14.4 Å². The third-order valence-corrected chi connectivity index (χ3v) is 7.84. The molecule has 0 aliphatic heterocycles. The van der Waals surface area contributed by atoms with Crippen molar-refractivity contribution in [3.63, 3.8) is 0 Å². The van der Waals surface area contributed by atoms with Gasteiger partial charge in [0.05, 0.1) is 11.9 Å². The third kappa shape index (κ3) is 6.19. The molecule has 1 atom stereocenters. The van der Waals surface area contributed by atoms with Crippen molar-refractivity contribution in [1.82, 2.24) is 10.2 Å². The molecule has 164 valence electrons. The van der Waals surface area contributed by atoms with E-state index in [1.165, 1.54) is 36.1 Å². The first-order valence-corrected chi connectivity index (χ1v) is 13.2. The first-order chi connectivity index (χ1) is 14.6. The molecule has 1 heterocycles. The molecule has 11 heteroatoms. The van der Waals surface area contributed by atoms with E-state index in [1.54, 1.807) is 19.1 Å². The van der Waals surface area contributed by atoms with Crippen molar-refractivity contribution in [2.45, 2.75) is 30.0 Å². The van der Waals surface area contributed by atoms with E-state index in [0.717, 1.165) is 21.9 Å². The molecule has 3 rings (SSSR count). The standard InChI is InChI=1S/C20H21ClN4O3S3/c1-13-9-10-16(21)11-17(13)25(31(3,27)28)14(2)18(26)22-19-23-24-20(30-19)29-12-15-7-5-4-6-8-15/h4-11,14H,12H2,1-3H3,(H,22,23,26)/t14-/m0/s1. The molecule has 2 aromatic carbocycles. The van der Waals surface area contributed by atoms with Crippen LogP contribution in [-0.4, -0.2) is 36.8 Å². The molecule has 1 aromatic heterocycles. The topological polar surface area (TPSA) is 92.3 Å². The number of anilines is 2. The Hall–Kier alpha value is -2.14. The van der Waals surface area contributed by atoms with E-state index in [1.807, 2.05) is 30.3 Å². The summed E-state index contributed by atoms with van der Waals surface area (Å²) in [6.07, 6.45) is 1.06. The van der Waals surface area contributed by atoms with Gasteiger partial charge in [0.25, 0.3) is 0 Å². The smallest absolute Gasteiger partial charge is 0.249 e. The fourth-order valence-corrected chi connectivity index (χ4v) is 5.95. The Balaban J connectivity index is 1.72. The Labute approximate surface area is 194 Å². The number of aromatic nitrogens is 2. The van der Waals surface area contributed by atoms with Gasteiger partial charge >= 0.3 is 0 Å². The molecule has 0 aliphatic rings. The summed E-state index contributed by atoms with van der Waals surface area (Å²) >= 11 is 8.81. The van der Waals surface area contributed by atoms with Crippen LogP contribution in [0.5, 0.6) is 0 Å². The number of hydrogen-bond acceptors (Lipinski definition) is 7.